The topological polar surface area (TPSA) is 41.7 Å². The number of aliphatic hydroxyl groups is 1. The summed E-state index contributed by atoms with van der Waals surface area (Å²) in [6.07, 6.45) is 3.47. The van der Waals surface area contributed by atoms with E-state index in [9.17, 15) is 9.90 Å². The molecule has 0 aromatic heterocycles. The molecule has 1 N–H and O–H groups in total. The van der Waals surface area contributed by atoms with Crippen molar-refractivity contribution in [1.29, 1.82) is 0 Å². The Morgan fingerprint density at radius 3 is 2.54 bits per heavy atom. The van der Waals surface area contributed by atoms with Crippen LogP contribution in [0.3, 0.4) is 0 Å². The fourth-order valence-corrected chi connectivity index (χ4v) is 5.54. The monoisotopic (exact) mass is 325 g/mol. The summed E-state index contributed by atoms with van der Waals surface area (Å²) in [6.45, 7) is 13.6. The molecule has 1 aromatic carbocycles. The Kier molecular flexibility index (Phi) is 4.08. The van der Waals surface area contributed by atoms with Crippen molar-refractivity contribution in [3.63, 3.8) is 0 Å². The van der Waals surface area contributed by atoms with Crippen LogP contribution in [-0.2, 0) is 11.2 Å². The second-order valence-electron chi connectivity index (χ2n) is 8.74. The fraction of sp³-hybridized carbons (Fsp3) is 0.619. The Morgan fingerprint density at radius 1 is 1.25 bits per heavy atom. The van der Waals surface area contributed by atoms with E-state index in [-0.39, 0.29) is 17.1 Å². The lowest BCUT2D eigenvalue weighted by Gasteiger charge is -2.56. The molecule has 0 saturated heterocycles. The average Bonchev–Trinajstić information content (AvgIpc) is 2.51. The van der Waals surface area contributed by atoms with Gasteiger partial charge < -0.3 is 9.95 Å². The molecule has 2 saturated carbocycles. The first kappa shape index (κ1) is 17.2. The van der Waals surface area contributed by atoms with E-state index in [0.717, 1.165) is 18.4 Å². The van der Waals surface area contributed by atoms with E-state index in [0.29, 0.717) is 19.3 Å². The summed E-state index contributed by atoms with van der Waals surface area (Å²) in [5, 5.41) is 11.3. The molecule has 1 unspecified atom stereocenters. The highest BCUT2D eigenvalue weighted by Gasteiger charge is 2.61. The van der Waals surface area contributed by atoms with Gasteiger partial charge in [-0.15, -0.1) is 0 Å². The molecule has 0 spiro atoms. The van der Waals surface area contributed by atoms with Gasteiger partial charge in [-0.3, -0.25) is 4.79 Å². The van der Waals surface area contributed by atoms with Crippen molar-refractivity contribution >= 4 is 5.78 Å². The number of nitrogens with zero attached hydrogens (tertiary/aromatic N) is 1. The molecule has 0 amide bonds. The van der Waals surface area contributed by atoms with Gasteiger partial charge in [-0.2, -0.15) is 0 Å². The first-order valence-corrected chi connectivity index (χ1v) is 8.87. The van der Waals surface area contributed by atoms with E-state index in [4.69, 9.17) is 6.57 Å². The molecule has 3 heteroatoms. The molecule has 0 radical (unpaired) electrons. The Labute approximate surface area is 144 Å². The van der Waals surface area contributed by atoms with Crippen LogP contribution < -0.4 is 0 Å². The Bertz CT molecular complexity index is 675. The first-order valence-electron chi connectivity index (χ1n) is 8.87. The fourth-order valence-electron chi connectivity index (χ4n) is 5.54. The predicted molar refractivity (Wildman–Crippen MR) is 94.3 cm³/mol. The van der Waals surface area contributed by atoms with Gasteiger partial charge in [-0.05, 0) is 36.2 Å². The number of carbonyl (C=O) groups excluding carboxylic acids is 1. The molecule has 2 aliphatic rings. The lowest BCUT2D eigenvalue weighted by molar-refractivity contribution is -0.156. The molecule has 128 valence electrons. The van der Waals surface area contributed by atoms with E-state index in [1.54, 1.807) is 0 Å². The SMILES string of the molecule is [C-]#[N+]C1C[C@]2(C)C[C@](O)(Cc3ccccc3)CC[C@H]2C(C)(C)C1=O. The maximum Gasteiger partial charge on any atom is 0.281 e. The van der Waals surface area contributed by atoms with Gasteiger partial charge in [-0.25, -0.2) is 6.57 Å². The molecule has 0 heterocycles. The van der Waals surface area contributed by atoms with Crippen molar-refractivity contribution in [2.75, 3.05) is 0 Å². The summed E-state index contributed by atoms with van der Waals surface area (Å²) in [5.74, 6) is 0.333. The standard InChI is InChI=1S/C21H27NO2/c1-19(2)17-10-11-21(24,12-15-8-6-5-7-9-15)14-20(17,3)13-16(22-4)18(19)23/h5-9,16-17,24H,10-14H2,1-3H3/t16?,17-,20+,21+/m0/s1. The molecule has 24 heavy (non-hydrogen) atoms. The zero-order chi connectivity index (χ0) is 17.6. The van der Waals surface area contributed by atoms with Crippen molar-refractivity contribution in [2.24, 2.45) is 16.7 Å². The van der Waals surface area contributed by atoms with Crippen molar-refractivity contribution < 1.29 is 9.90 Å². The highest BCUT2D eigenvalue weighted by atomic mass is 16.3. The Balaban J connectivity index is 1.88. The van der Waals surface area contributed by atoms with Crippen LogP contribution in [0.25, 0.3) is 4.85 Å². The number of hydrogen-bond acceptors (Lipinski definition) is 2. The first-order chi connectivity index (χ1) is 11.2. The number of rotatable bonds is 2. The molecule has 4 atom stereocenters. The smallest absolute Gasteiger partial charge is 0.281 e. The number of benzene rings is 1. The van der Waals surface area contributed by atoms with E-state index in [1.807, 2.05) is 32.0 Å². The molecule has 0 aliphatic heterocycles. The van der Waals surface area contributed by atoms with Crippen LogP contribution in [0.4, 0.5) is 0 Å². The minimum atomic E-state index is -0.740. The summed E-state index contributed by atoms with van der Waals surface area (Å²) in [7, 11) is 0. The molecule has 2 fully saturated rings. The average molecular weight is 325 g/mol. The maximum atomic E-state index is 12.7. The third-order valence-corrected chi connectivity index (χ3v) is 6.47. The molecule has 2 aliphatic carbocycles. The molecular weight excluding hydrogens is 298 g/mol. The van der Waals surface area contributed by atoms with E-state index < -0.39 is 17.1 Å². The molecule has 3 nitrogen and oxygen atoms in total. The largest absolute Gasteiger partial charge is 0.390 e. The van der Waals surface area contributed by atoms with E-state index >= 15 is 0 Å². The second-order valence-corrected chi connectivity index (χ2v) is 8.74. The van der Waals surface area contributed by atoms with Gasteiger partial charge in [0.05, 0.1) is 5.60 Å². The van der Waals surface area contributed by atoms with Crippen LogP contribution in [0.2, 0.25) is 0 Å². The summed E-state index contributed by atoms with van der Waals surface area (Å²) >= 11 is 0. The Morgan fingerprint density at radius 2 is 1.92 bits per heavy atom. The summed E-state index contributed by atoms with van der Waals surface area (Å²) < 4.78 is 0. The van der Waals surface area contributed by atoms with Crippen molar-refractivity contribution in [3.05, 3.63) is 47.3 Å². The summed E-state index contributed by atoms with van der Waals surface area (Å²) in [6, 6.07) is 9.56. The highest BCUT2D eigenvalue weighted by Crippen LogP contribution is 2.59. The van der Waals surface area contributed by atoms with Gasteiger partial charge in [0, 0.05) is 18.3 Å². The van der Waals surface area contributed by atoms with Gasteiger partial charge in [0.25, 0.3) is 6.04 Å². The zero-order valence-corrected chi connectivity index (χ0v) is 14.9. The van der Waals surface area contributed by atoms with Crippen molar-refractivity contribution in [2.45, 2.75) is 64.5 Å². The lowest BCUT2D eigenvalue weighted by atomic mass is 9.48. The van der Waals surface area contributed by atoms with Crippen LogP contribution in [-0.4, -0.2) is 22.5 Å². The predicted octanol–water partition coefficient (Wildman–Crippen LogP) is 4.05. The minimum absolute atomic E-state index is 0.0912. The van der Waals surface area contributed by atoms with Crippen molar-refractivity contribution in [3.8, 4) is 0 Å². The van der Waals surface area contributed by atoms with Crippen LogP contribution in [0, 0.1) is 23.3 Å². The third-order valence-electron chi connectivity index (χ3n) is 6.47. The van der Waals surface area contributed by atoms with E-state index in [2.05, 4.69) is 23.9 Å². The summed E-state index contributed by atoms with van der Waals surface area (Å²) in [4.78, 5) is 16.3. The molecular formula is C21H27NO2. The number of hydrogen-bond donors (Lipinski definition) is 1. The van der Waals surface area contributed by atoms with Gasteiger partial charge in [0.15, 0.2) is 0 Å². The van der Waals surface area contributed by atoms with Gasteiger partial charge in [0.1, 0.15) is 0 Å². The lowest BCUT2D eigenvalue weighted by Crippen LogP contribution is -2.58. The normalized spacial score (nSPS) is 38.2. The number of ketones is 1. The number of Topliss-reactive ketones (excluding diaryl/α,β-unsaturated/α-hetero) is 1. The van der Waals surface area contributed by atoms with Crippen LogP contribution in [0.1, 0.15) is 52.0 Å². The molecule has 1 aromatic rings. The van der Waals surface area contributed by atoms with Gasteiger partial charge in [0.2, 0.25) is 5.78 Å². The van der Waals surface area contributed by atoms with Crippen LogP contribution in [0.15, 0.2) is 30.3 Å². The van der Waals surface area contributed by atoms with E-state index in [1.165, 1.54) is 0 Å². The zero-order valence-electron chi connectivity index (χ0n) is 14.9. The number of fused-ring (bicyclic) bond motifs is 1. The van der Waals surface area contributed by atoms with Crippen molar-refractivity contribution in [1.82, 2.24) is 0 Å². The molecule has 0 bridgehead atoms. The third kappa shape index (κ3) is 2.78. The highest BCUT2D eigenvalue weighted by molar-refractivity contribution is 5.91. The maximum absolute atomic E-state index is 12.7. The molecule has 3 rings (SSSR count). The second kappa shape index (κ2) is 5.70. The Hall–Kier alpha value is -1.66. The minimum Gasteiger partial charge on any atom is -0.390 e. The number of carbonyl (C=O) groups is 1. The van der Waals surface area contributed by atoms with Gasteiger partial charge >= 0.3 is 0 Å². The van der Waals surface area contributed by atoms with Crippen LogP contribution >= 0.6 is 0 Å². The summed E-state index contributed by atoms with van der Waals surface area (Å²) in [5.41, 5.74) is -0.227. The van der Waals surface area contributed by atoms with Crippen LogP contribution in [0.5, 0.6) is 0 Å². The van der Waals surface area contributed by atoms with Gasteiger partial charge in [-0.1, -0.05) is 51.1 Å². The quantitative estimate of drug-likeness (QED) is 0.833.